The molecule has 5 heteroatoms. The predicted octanol–water partition coefficient (Wildman–Crippen LogP) is 3.06. The fraction of sp³-hybridized carbons (Fsp3) is 0.304. The molecule has 0 fully saturated rings. The monoisotopic (exact) mass is 378 g/mol. The minimum atomic E-state index is -0.228. The van der Waals surface area contributed by atoms with E-state index in [4.69, 9.17) is 4.74 Å². The van der Waals surface area contributed by atoms with Gasteiger partial charge in [0, 0.05) is 25.2 Å². The summed E-state index contributed by atoms with van der Waals surface area (Å²) < 4.78 is 5.48. The minimum Gasteiger partial charge on any atom is -0.484 e. The van der Waals surface area contributed by atoms with Crippen molar-refractivity contribution in [3.05, 3.63) is 65.2 Å². The first-order valence-corrected chi connectivity index (χ1v) is 9.17. The molecule has 2 aromatic carbocycles. The Balaban J connectivity index is 1.76. The molecule has 2 rings (SSSR count). The average Bonchev–Trinajstić information content (AvgIpc) is 2.69. The molecule has 0 atom stereocenters. The van der Waals surface area contributed by atoms with Crippen molar-refractivity contribution in [2.45, 2.75) is 19.8 Å². The molecule has 5 nitrogen and oxygen atoms in total. The second kappa shape index (κ2) is 10.2. The van der Waals surface area contributed by atoms with E-state index in [1.807, 2.05) is 24.3 Å². The van der Waals surface area contributed by atoms with Crippen LogP contribution in [-0.2, 0) is 4.79 Å². The van der Waals surface area contributed by atoms with Crippen molar-refractivity contribution in [1.29, 1.82) is 0 Å². The molecular weight excluding hydrogens is 352 g/mol. The number of rotatable bonds is 6. The van der Waals surface area contributed by atoms with E-state index in [1.54, 1.807) is 38.4 Å². The lowest BCUT2D eigenvalue weighted by molar-refractivity contribution is -0.122. The maximum Gasteiger partial charge on any atom is 0.258 e. The molecule has 2 aromatic rings. The van der Waals surface area contributed by atoms with Gasteiger partial charge in [-0.1, -0.05) is 37.8 Å². The van der Waals surface area contributed by atoms with Gasteiger partial charge >= 0.3 is 0 Å². The Labute approximate surface area is 166 Å². The summed E-state index contributed by atoms with van der Waals surface area (Å²) >= 11 is 0. The molecule has 0 aromatic heterocycles. The van der Waals surface area contributed by atoms with Crippen LogP contribution in [0, 0.1) is 11.8 Å². The maximum absolute atomic E-state index is 11.8. The zero-order chi connectivity index (χ0) is 20.5. The summed E-state index contributed by atoms with van der Waals surface area (Å²) in [7, 11) is 3.42. The minimum absolute atomic E-state index is 0.0504. The van der Waals surface area contributed by atoms with Crippen LogP contribution in [0.5, 0.6) is 5.75 Å². The van der Waals surface area contributed by atoms with Crippen molar-refractivity contribution < 1.29 is 14.3 Å². The molecule has 0 aliphatic heterocycles. The van der Waals surface area contributed by atoms with Crippen LogP contribution < -0.4 is 10.1 Å². The molecule has 0 heterocycles. The topological polar surface area (TPSA) is 58.6 Å². The van der Waals surface area contributed by atoms with E-state index in [0.29, 0.717) is 17.2 Å². The molecule has 0 saturated carbocycles. The average molecular weight is 378 g/mol. The first-order valence-electron chi connectivity index (χ1n) is 9.17. The maximum atomic E-state index is 11.8. The number of amides is 2. The van der Waals surface area contributed by atoms with Gasteiger partial charge in [0.05, 0.1) is 6.54 Å². The Hall–Kier alpha value is -3.26. The predicted molar refractivity (Wildman–Crippen MR) is 110 cm³/mol. The molecule has 0 aliphatic carbocycles. The normalized spacial score (nSPS) is 10.0. The van der Waals surface area contributed by atoms with E-state index in [0.717, 1.165) is 5.56 Å². The van der Waals surface area contributed by atoms with Crippen LogP contribution in [0.2, 0.25) is 0 Å². The summed E-state index contributed by atoms with van der Waals surface area (Å²) in [6.45, 7) is 4.43. The molecule has 0 bridgehead atoms. The zero-order valence-electron chi connectivity index (χ0n) is 16.8. The summed E-state index contributed by atoms with van der Waals surface area (Å²) in [5.74, 6) is 6.69. The van der Waals surface area contributed by atoms with Gasteiger partial charge in [-0.25, -0.2) is 0 Å². The third-order valence-electron chi connectivity index (χ3n) is 4.06. The van der Waals surface area contributed by atoms with E-state index < -0.39 is 0 Å². The van der Waals surface area contributed by atoms with E-state index >= 15 is 0 Å². The quantitative estimate of drug-likeness (QED) is 0.786. The van der Waals surface area contributed by atoms with Crippen molar-refractivity contribution in [2.75, 3.05) is 27.2 Å². The molecule has 28 heavy (non-hydrogen) atoms. The molecule has 0 radical (unpaired) electrons. The van der Waals surface area contributed by atoms with Crippen molar-refractivity contribution >= 4 is 11.8 Å². The van der Waals surface area contributed by atoms with Crippen LogP contribution in [0.3, 0.4) is 0 Å². The smallest absolute Gasteiger partial charge is 0.258 e. The van der Waals surface area contributed by atoms with Crippen LogP contribution >= 0.6 is 0 Å². The summed E-state index contributed by atoms with van der Waals surface area (Å²) in [6, 6.07) is 14.8. The summed E-state index contributed by atoms with van der Waals surface area (Å²) in [5, 5.41) is 2.70. The van der Waals surface area contributed by atoms with Crippen LogP contribution in [0.15, 0.2) is 48.5 Å². The van der Waals surface area contributed by atoms with Gasteiger partial charge < -0.3 is 15.0 Å². The van der Waals surface area contributed by atoms with Crippen molar-refractivity contribution in [2.24, 2.45) is 0 Å². The highest BCUT2D eigenvalue weighted by Gasteiger charge is 2.06. The van der Waals surface area contributed by atoms with E-state index in [1.165, 1.54) is 10.5 Å². The summed E-state index contributed by atoms with van der Waals surface area (Å²) in [4.78, 5) is 25.2. The molecule has 146 valence electrons. The van der Waals surface area contributed by atoms with Crippen molar-refractivity contribution in [1.82, 2.24) is 10.2 Å². The molecule has 0 unspecified atom stereocenters. The zero-order valence-corrected chi connectivity index (χ0v) is 16.8. The Kier molecular flexibility index (Phi) is 7.65. The highest BCUT2D eigenvalue weighted by Crippen LogP contribution is 2.18. The Morgan fingerprint density at radius 1 is 1.04 bits per heavy atom. The fourth-order valence-corrected chi connectivity index (χ4v) is 2.39. The fourth-order valence-electron chi connectivity index (χ4n) is 2.39. The number of hydrogen-bond donors (Lipinski definition) is 1. The van der Waals surface area contributed by atoms with Crippen LogP contribution in [0.4, 0.5) is 0 Å². The van der Waals surface area contributed by atoms with Gasteiger partial charge in [0.15, 0.2) is 6.61 Å². The number of ether oxygens (including phenoxy) is 1. The molecule has 0 spiro atoms. The number of nitrogens with zero attached hydrogens (tertiary/aromatic N) is 1. The first-order chi connectivity index (χ1) is 13.4. The number of nitrogens with one attached hydrogen (secondary N) is 1. The van der Waals surface area contributed by atoms with Crippen LogP contribution in [-0.4, -0.2) is 44.0 Å². The standard InChI is InChI=1S/C23H26N2O3/c1-17(2)19-11-13-21(14-12-19)28-16-22(26)24-15-5-6-18-7-9-20(10-8-18)23(27)25(3)4/h7-14,17H,15-16H2,1-4H3,(H,24,26). The molecule has 2 amide bonds. The van der Waals surface area contributed by atoms with Gasteiger partial charge in [0.25, 0.3) is 11.8 Å². The first kappa shape index (κ1) is 21.0. The van der Waals surface area contributed by atoms with Gasteiger partial charge in [-0.15, -0.1) is 0 Å². The number of hydrogen-bond acceptors (Lipinski definition) is 3. The third-order valence-corrected chi connectivity index (χ3v) is 4.06. The highest BCUT2D eigenvalue weighted by atomic mass is 16.5. The lowest BCUT2D eigenvalue weighted by Gasteiger charge is -2.09. The Bertz CT molecular complexity index is 857. The third kappa shape index (κ3) is 6.48. The molecule has 1 N–H and O–H groups in total. The van der Waals surface area contributed by atoms with Crippen molar-refractivity contribution in [3.63, 3.8) is 0 Å². The second-order valence-electron chi connectivity index (χ2n) is 6.87. The van der Waals surface area contributed by atoms with Crippen LogP contribution in [0.25, 0.3) is 0 Å². The lowest BCUT2D eigenvalue weighted by Crippen LogP contribution is -2.29. The largest absolute Gasteiger partial charge is 0.484 e. The second-order valence-corrected chi connectivity index (χ2v) is 6.87. The van der Waals surface area contributed by atoms with E-state index in [2.05, 4.69) is 31.0 Å². The van der Waals surface area contributed by atoms with E-state index in [-0.39, 0.29) is 25.0 Å². The number of benzene rings is 2. The summed E-state index contributed by atoms with van der Waals surface area (Å²) in [5.41, 5.74) is 2.62. The highest BCUT2D eigenvalue weighted by molar-refractivity contribution is 5.93. The van der Waals surface area contributed by atoms with Gasteiger partial charge in [0.1, 0.15) is 5.75 Å². The lowest BCUT2D eigenvalue weighted by atomic mass is 10.0. The van der Waals surface area contributed by atoms with Gasteiger partial charge in [0.2, 0.25) is 0 Å². The molecular formula is C23H26N2O3. The van der Waals surface area contributed by atoms with Gasteiger partial charge in [-0.05, 0) is 47.9 Å². The van der Waals surface area contributed by atoms with Gasteiger partial charge in [-0.2, -0.15) is 0 Å². The number of carbonyl (C=O) groups excluding carboxylic acids is 2. The summed E-state index contributed by atoms with van der Waals surface area (Å²) in [6.07, 6.45) is 0. The molecule has 0 aliphatic rings. The van der Waals surface area contributed by atoms with Crippen LogP contribution in [0.1, 0.15) is 41.3 Å². The molecule has 0 saturated heterocycles. The SMILES string of the molecule is CC(C)c1ccc(OCC(=O)NCC#Cc2ccc(C(=O)N(C)C)cc2)cc1. The van der Waals surface area contributed by atoms with Gasteiger partial charge in [-0.3, -0.25) is 9.59 Å². The number of carbonyl (C=O) groups is 2. The van der Waals surface area contributed by atoms with E-state index in [9.17, 15) is 9.59 Å². The Morgan fingerprint density at radius 2 is 1.68 bits per heavy atom. The Morgan fingerprint density at radius 3 is 2.25 bits per heavy atom. The van der Waals surface area contributed by atoms with Crippen molar-refractivity contribution in [3.8, 4) is 17.6 Å².